The number of fused-ring (bicyclic) bond motifs is 1. The number of anilines is 1. The van der Waals surface area contributed by atoms with Crippen molar-refractivity contribution in [1.29, 1.82) is 0 Å². The first-order valence-electron chi connectivity index (χ1n) is 9.59. The minimum absolute atomic E-state index is 0.0718. The van der Waals surface area contributed by atoms with E-state index in [1.54, 1.807) is 28.9 Å². The highest BCUT2D eigenvalue weighted by Crippen LogP contribution is 2.40. The Morgan fingerprint density at radius 1 is 1.20 bits per heavy atom. The van der Waals surface area contributed by atoms with Crippen LogP contribution in [0.4, 0.5) is 14.6 Å². The van der Waals surface area contributed by atoms with E-state index in [1.807, 2.05) is 19.2 Å². The van der Waals surface area contributed by atoms with Crippen molar-refractivity contribution in [1.82, 2.24) is 24.4 Å². The molecule has 0 unspecified atom stereocenters. The van der Waals surface area contributed by atoms with Gasteiger partial charge < -0.3 is 5.32 Å². The van der Waals surface area contributed by atoms with Gasteiger partial charge in [0.25, 0.3) is 12.3 Å². The Hall–Kier alpha value is -3.62. The molecule has 9 heteroatoms. The van der Waals surface area contributed by atoms with Crippen LogP contribution in [0.5, 0.6) is 0 Å². The van der Waals surface area contributed by atoms with Gasteiger partial charge in [0.1, 0.15) is 11.3 Å². The first-order chi connectivity index (χ1) is 14.5. The highest BCUT2D eigenvalue weighted by Gasteiger charge is 2.28. The molecule has 1 N–H and O–H groups in total. The Kier molecular flexibility index (Phi) is 4.30. The van der Waals surface area contributed by atoms with Crippen LogP contribution in [0.3, 0.4) is 0 Å². The number of hydrogen-bond acceptors (Lipinski definition) is 4. The second kappa shape index (κ2) is 7.01. The lowest BCUT2D eigenvalue weighted by Crippen LogP contribution is -2.13. The molecule has 1 aliphatic carbocycles. The van der Waals surface area contributed by atoms with Crippen LogP contribution in [0.1, 0.15) is 46.9 Å². The summed E-state index contributed by atoms with van der Waals surface area (Å²) in [5.74, 6) is 0.397. The van der Waals surface area contributed by atoms with Crippen LogP contribution in [0.2, 0.25) is 0 Å². The molecule has 152 valence electrons. The number of aromatic nitrogens is 5. The Morgan fingerprint density at radius 3 is 2.67 bits per heavy atom. The number of amides is 1. The number of nitrogens with one attached hydrogen (secondary N) is 1. The SMILES string of the molecule is Cn1nc(NC(=O)c2cnn3c(-c4ccccc4)cc(C(F)F)nc23)cc1C1CC1. The van der Waals surface area contributed by atoms with Gasteiger partial charge in [-0.25, -0.2) is 18.3 Å². The lowest BCUT2D eigenvalue weighted by atomic mass is 10.1. The molecule has 1 saturated carbocycles. The molecular formula is C21H18F2N6O. The molecule has 3 heterocycles. The maximum absolute atomic E-state index is 13.5. The van der Waals surface area contributed by atoms with Gasteiger partial charge in [0, 0.05) is 30.3 Å². The van der Waals surface area contributed by atoms with Gasteiger partial charge in [-0.3, -0.25) is 9.48 Å². The molecule has 3 aromatic heterocycles. The standard InChI is InChI=1S/C21H18F2N6O/c1-28-16(13-7-8-13)10-18(27-28)26-21(30)14-11-24-29-17(12-5-3-2-4-6-12)9-15(19(22)23)25-20(14)29/h2-6,9-11,13,19H,7-8H2,1H3,(H,26,27,30). The van der Waals surface area contributed by atoms with Crippen molar-refractivity contribution in [3.63, 3.8) is 0 Å². The third-order valence-electron chi connectivity index (χ3n) is 5.18. The van der Waals surface area contributed by atoms with Crippen LogP contribution in [0.15, 0.2) is 48.7 Å². The largest absolute Gasteiger partial charge is 0.305 e. The van der Waals surface area contributed by atoms with Crippen molar-refractivity contribution in [2.75, 3.05) is 5.32 Å². The number of aryl methyl sites for hydroxylation is 1. The third kappa shape index (κ3) is 3.22. The molecular weight excluding hydrogens is 390 g/mol. The quantitative estimate of drug-likeness (QED) is 0.537. The summed E-state index contributed by atoms with van der Waals surface area (Å²) >= 11 is 0. The highest BCUT2D eigenvalue weighted by atomic mass is 19.3. The number of benzene rings is 1. The van der Waals surface area contributed by atoms with Crippen molar-refractivity contribution in [3.8, 4) is 11.3 Å². The van der Waals surface area contributed by atoms with E-state index in [0.717, 1.165) is 18.5 Å². The van der Waals surface area contributed by atoms with E-state index in [9.17, 15) is 13.6 Å². The van der Waals surface area contributed by atoms with Gasteiger partial charge in [-0.15, -0.1) is 0 Å². The Balaban J connectivity index is 1.55. The number of carbonyl (C=O) groups excluding carboxylic acids is 1. The molecule has 30 heavy (non-hydrogen) atoms. The predicted octanol–water partition coefficient (Wildman–Crippen LogP) is 4.20. The fourth-order valence-corrected chi connectivity index (χ4v) is 3.56. The lowest BCUT2D eigenvalue weighted by molar-refractivity contribution is 0.102. The fraction of sp³-hybridized carbons (Fsp3) is 0.238. The average molecular weight is 408 g/mol. The van der Waals surface area contributed by atoms with Crippen LogP contribution in [0.25, 0.3) is 16.9 Å². The van der Waals surface area contributed by atoms with Crippen molar-refractivity contribution in [2.45, 2.75) is 25.2 Å². The van der Waals surface area contributed by atoms with Crippen molar-refractivity contribution in [2.24, 2.45) is 7.05 Å². The Bertz CT molecular complexity index is 1240. The summed E-state index contributed by atoms with van der Waals surface area (Å²) in [6, 6.07) is 12.2. The van der Waals surface area contributed by atoms with Gasteiger partial charge in [-0.2, -0.15) is 10.2 Å². The smallest absolute Gasteiger partial charge is 0.280 e. The predicted molar refractivity (Wildman–Crippen MR) is 107 cm³/mol. The first kappa shape index (κ1) is 18.4. The van der Waals surface area contributed by atoms with Gasteiger partial charge in [0.05, 0.1) is 11.9 Å². The van der Waals surface area contributed by atoms with Crippen molar-refractivity contribution < 1.29 is 13.6 Å². The van der Waals surface area contributed by atoms with E-state index >= 15 is 0 Å². The summed E-state index contributed by atoms with van der Waals surface area (Å²) in [6.45, 7) is 0. The minimum Gasteiger partial charge on any atom is -0.305 e. The van der Waals surface area contributed by atoms with Gasteiger partial charge in [-0.1, -0.05) is 30.3 Å². The zero-order valence-electron chi connectivity index (χ0n) is 16.1. The second-order valence-electron chi connectivity index (χ2n) is 7.33. The molecule has 0 aliphatic heterocycles. The molecule has 0 radical (unpaired) electrons. The molecule has 1 fully saturated rings. The molecule has 0 atom stereocenters. The summed E-state index contributed by atoms with van der Waals surface area (Å²) in [6.07, 6.45) is 0.789. The number of halogens is 2. The summed E-state index contributed by atoms with van der Waals surface area (Å²) < 4.78 is 30.2. The zero-order valence-corrected chi connectivity index (χ0v) is 16.1. The van der Waals surface area contributed by atoms with E-state index in [2.05, 4.69) is 20.5 Å². The van der Waals surface area contributed by atoms with E-state index in [1.165, 1.54) is 16.8 Å². The summed E-state index contributed by atoms with van der Waals surface area (Å²) in [4.78, 5) is 16.9. The van der Waals surface area contributed by atoms with Crippen LogP contribution in [0, 0.1) is 0 Å². The fourth-order valence-electron chi connectivity index (χ4n) is 3.56. The third-order valence-corrected chi connectivity index (χ3v) is 5.18. The molecule has 1 aromatic carbocycles. The van der Waals surface area contributed by atoms with Crippen LogP contribution >= 0.6 is 0 Å². The molecule has 1 amide bonds. The number of carbonyl (C=O) groups is 1. The van der Waals surface area contributed by atoms with Crippen molar-refractivity contribution >= 4 is 17.4 Å². The molecule has 4 aromatic rings. The van der Waals surface area contributed by atoms with E-state index in [0.29, 0.717) is 23.0 Å². The second-order valence-corrected chi connectivity index (χ2v) is 7.33. The van der Waals surface area contributed by atoms with Crippen LogP contribution in [-0.4, -0.2) is 30.3 Å². The van der Waals surface area contributed by atoms with Crippen LogP contribution in [-0.2, 0) is 7.05 Å². The van der Waals surface area contributed by atoms with E-state index in [4.69, 9.17) is 0 Å². The number of hydrogen-bond donors (Lipinski definition) is 1. The molecule has 0 bridgehead atoms. The average Bonchev–Trinajstić information content (AvgIpc) is 3.38. The molecule has 5 rings (SSSR count). The molecule has 1 aliphatic rings. The monoisotopic (exact) mass is 408 g/mol. The number of alkyl halides is 2. The van der Waals surface area contributed by atoms with Gasteiger partial charge in [0.2, 0.25) is 0 Å². The molecule has 7 nitrogen and oxygen atoms in total. The van der Waals surface area contributed by atoms with E-state index < -0.39 is 18.0 Å². The Morgan fingerprint density at radius 2 is 1.97 bits per heavy atom. The summed E-state index contributed by atoms with van der Waals surface area (Å²) in [7, 11) is 1.83. The lowest BCUT2D eigenvalue weighted by Gasteiger charge is -2.08. The van der Waals surface area contributed by atoms with E-state index in [-0.39, 0.29) is 11.2 Å². The van der Waals surface area contributed by atoms with Gasteiger partial charge >= 0.3 is 0 Å². The molecule has 0 saturated heterocycles. The maximum atomic E-state index is 13.5. The van der Waals surface area contributed by atoms with Gasteiger partial charge in [0.15, 0.2) is 11.5 Å². The maximum Gasteiger partial charge on any atom is 0.280 e. The zero-order chi connectivity index (χ0) is 20.8. The highest BCUT2D eigenvalue weighted by molar-refractivity contribution is 6.07. The van der Waals surface area contributed by atoms with Gasteiger partial charge in [-0.05, 0) is 18.9 Å². The van der Waals surface area contributed by atoms with Crippen LogP contribution < -0.4 is 5.32 Å². The Labute approximate surface area is 170 Å². The minimum atomic E-state index is -2.78. The summed E-state index contributed by atoms with van der Waals surface area (Å²) in [5, 5.41) is 11.3. The summed E-state index contributed by atoms with van der Waals surface area (Å²) in [5.41, 5.74) is 1.96. The van der Waals surface area contributed by atoms with Crippen molar-refractivity contribution in [3.05, 3.63) is 65.6 Å². The molecule has 0 spiro atoms. The first-order valence-corrected chi connectivity index (χ1v) is 9.59. The normalized spacial score (nSPS) is 13.9. The topological polar surface area (TPSA) is 77.1 Å². The number of nitrogens with zero attached hydrogens (tertiary/aromatic N) is 5. The number of rotatable bonds is 5.